The van der Waals surface area contributed by atoms with Gasteiger partial charge >= 0.3 is 0 Å². The fourth-order valence-corrected chi connectivity index (χ4v) is 3.94. The highest BCUT2D eigenvalue weighted by Crippen LogP contribution is 2.31. The normalized spacial score (nSPS) is 16.1. The standard InChI is InChI=1S/C26H36N2O3/c1-4-23(28-26(29)20(3)17-27-18-21-9-6-5-7-10-21)19(2)15-22-11-12-24-25(16-22)31-14-8-13-30-24/h5-7,9-12,16,19-20,23,27H,4,8,13-15,17-18H2,1-3H3,(H,28,29). The summed E-state index contributed by atoms with van der Waals surface area (Å²) in [6.07, 6.45) is 2.69. The van der Waals surface area contributed by atoms with Crippen molar-refractivity contribution in [3.63, 3.8) is 0 Å². The predicted octanol–water partition coefficient (Wildman–Crippen LogP) is 4.35. The number of amides is 1. The van der Waals surface area contributed by atoms with Crippen molar-refractivity contribution in [3.8, 4) is 11.5 Å². The predicted molar refractivity (Wildman–Crippen MR) is 124 cm³/mol. The molecule has 0 aromatic heterocycles. The maximum absolute atomic E-state index is 12.8. The van der Waals surface area contributed by atoms with Crippen LogP contribution in [0.15, 0.2) is 48.5 Å². The number of ether oxygens (including phenoxy) is 2. The van der Waals surface area contributed by atoms with Crippen molar-refractivity contribution in [3.05, 3.63) is 59.7 Å². The summed E-state index contributed by atoms with van der Waals surface area (Å²) in [5, 5.41) is 6.66. The van der Waals surface area contributed by atoms with Gasteiger partial charge in [-0.2, -0.15) is 0 Å². The van der Waals surface area contributed by atoms with E-state index in [4.69, 9.17) is 9.47 Å². The second kappa shape index (κ2) is 11.8. The molecule has 3 rings (SSSR count). The van der Waals surface area contributed by atoms with Crippen molar-refractivity contribution >= 4 is 5.91 Å². The van der Waals surface area contributed by atoms with Crippen molar-refractivity contribution in [1.82, 2.24) is 10.6 Å². The summed E-state index contributed by atoms with van der Waals surface area (Å²) in [6.45, 7) is 9.14. The van der Waals surface area contributed by atoms with Crippen LogP contribution in [0.3, 0.4) is 0 Å². The third kappa shape index (κ3) is 7.00. The molecule has 3 unspecified atom stereocenters. The van der Waals surface area contributed by atoms with Crippen LogP contribution < -0.4 is 20.1 Å². The number of carbonyl (C=O) groups is 1. The molecule has 1 heterocycles. The average Bonchev–Trinajstić information content (AvgIpc) is 3.02. The van der Waals surface area contributed by atoms with Crippen LogP contribution in [-0.4, -0.2) is 31.7 Å². The molecular weight excluding hydrogens is 388 g/mol. The highest BCUT2D eigenvalue weighted by atomic mass is 16.5. The van der Waals surface area contributed by atoms with Crippen LogP contribution in [0, 0.1) is 11.8 Å². The lowest BCUT2D eigenvalue weighted by atomic mass is 9.91. The van der Waals surface area contributed by atoms with Gasteiger partial charge in [-0.05, 0) is 42.0 Å². The van der Waals surface area contributed by atoms with Crippen LogP contribution in [0.25, 0.3) is 0 Å². The first-order chi connectivity index (χ1) is 15.1. The van der Waals surface area contributed by atoms with E-state index in [0.29, 0.717) is 25.7 Å². The van der Waals surface area contributed by atoms with Gasteiger partial charge in [0.2, 0.25) is 5.91 Å². The van der Waals surface area contributed by atoms with E-state index in [-0.39, 0.29) is 17.9 Å². The number of nitrogens with one attached hydrogen (secondary N) is 2. The van der Waals surface area contributed by atoms with Gasteiger partial charge in [0.1, 0.15) is 0 Å². The second-order valence-electron chi connectivity index (χ2n) is 8.55. The molecular formula is C26H36N2O3. The lowest BCUT2D eigenvalue weighted by Crippen LogP contribution is -2.44. The van der Waals surface area contributed by atoms with Crippen LogP contribution in [0.5, 0.6) is 11.5 Å². The van der Waals surface area contributed by atoms with Gasteiger partial charge < -0.3 is 20.1 Å². The lowest BCUT2D eigenvalue weighted by Gasteiger charge is -2.26. The molecule has 0 saturated heterocycles. The zero-order chi connectivity index (χ0) is 22.1. The smallest absolute Gasteiger partial charge is 0.224 e. The molecule has 0 saturated carbocycles. The first-order valence-corrected chi connectivity index (χ1v) is 11.5. The molecule has 0 radical (unpaired) electrons. The number of rotatable bonds is 10. The Bertz CT molecular complexity index is 825. The second-order valence-corrected chi connectivity index (χ2v) is 8.55. The number of carbonyl (C=O) groups excluding carboxylic acids is 1. The zero-order valence-corrected chi connectivity index (χ0v) is 19.0. The zero-order valence-electron chi connectivity index (χ0n) is 19.0. The SMILES string of the molecule is CCC(NC(=O)C(C)CNCc1ccccc1)C(C)Cc1ccc2c(c1)OCCCO2. The minimum absolute atomic E-state index is 0.0806. The fraction of sp³-hybridized carbons (Fsp3) is 0.500. The fourth-order valence-electron chi connectivity index (χ4n) is 3.94. The molecule has 2 aromatic carbocycles. The Morgan fingerprint density at radius 2 is 1.74 bits per heavy atom. The third-order valence-electron chi connectivity index (χ3n) is 5.89. The molecule has 3 atom stereocenters. The maximum Gasteiger partial charge on any atom is 0.224 e. The van der Waals surface area contributed by atoms with Crippen LogP contribution in [0.1, 0.15) is 44.7 Å². The molecule has 168 valence electrons. The van der Waals surface area contributed by atoms with Crippen molar-refractivity contribution in [2.45, 2.75) is 52.6 Å². The molecule has 5 nitrogen and oxygen atoms in total. The monoisotopic (exact) mass is 424 g/mol. The topological polar surface area (TPSA) is 59.6 Å². The van der Waals surface area contributed by atoms with Crippen LogP contribution in [-0.2, 0) is 17.8 Å². The minimum Gasteiger partial charge on any atom is -0.490 e. The number of hydrogen-bond donors (Lipinski definition) is 2. The molecule has 1 aliphatic rings. The van der Waals surface area contributed by atoms with Crippen molar-refractivity contribution in [1.29, 1.82) is 0 Å². The Kier molecular flexibility index (Phi) is 8.77. The largest absolute Gasteiger partial charge is 0.490 e. The summed E-state index contributed by atoms with van der Waals surface area (Å²) in [5.74, 6) is 2.01. The molecule has 1 aliphatic heterocycles. The summed E-state index contributed by atoms with van der Waals surface area (Å²) in [6, 6.07) is 16.6. The molecule has 0 bridgehead atoms. The Hall–Kier alpha value is -2.53. The molecule has 0 fully saturated rings. The molecule has 2 N–H and O–H groups in total. The Labute approximate surface area is 186 Å². The summed E-state index contributed by atoms with van der Waals surface area (Å²) in [5.41, 5.74) is 2.44. The molecule has 0 spiro atoms. The van der Waals surface area contributed by atoms with Crippen LogP contribution in [0.2, 0.25) is 0 Å². The molecule has 0 aliphatic carbocycles. The highest BCUT2D eigenvalue weighted by Gasteiger charge is 2.22. The van der Waals surface area contributed by atoms with Crippen LogP contribution >= 0.6 is 0 Å². The molecule has 5 heteroatoms. The quantitative estimate of drug-likeness (QED) is 0.595. The van der Waals surface area contributed by atoms with E-state index in [1.54, 1.807) is 0 Å². The van der Waals surface area contributed by atoms with Crippen LogP contribution in [0.4, 0.5) is 0 Å². The van der Waals surface area contributed by atoms with Crippen molar-refractivity contribution in [2.24, 2.45) is 11.8 Å². The number of benzene rings is 2. The summed E-state index contributed by atoms with van der Waals surface area (Å²) in [7, 11) is 0. The first kappa shape index (κ1) is 23.1. The third-order valence-corrected chi connectivity index (χ3v) is 5.89. The summed E-state index contributed by atoms with van der Waals surface area (Å²) in [4.78, 5) is 12.8. The summed E-state index contributed by atoms with van der Waals surface area (Å²) < 4.78 is 11.5. The van der Waals surface area contributed by atoms with E-state index in [9.17, 15) is 4.79 Å². The van der Waals surface area contributed by atoms with Crippen molar-refractivity contribution < 1.29 is 14.3 Å². The lowest BCUT2D eigenvalue weighted by molar-refractivity contribution is -0.125. The van der Waals surface area contributed by atoms with E-state index >= 15 is 0 Å². The van der Waals surface area contributed by atoms with E-state index < -0.39 is 0 Å². The molecule has 2 aromatic rings. The molecule has 1 amide bonds. The van der Waals surface area contributed by atoms with Gasteiger partial charge in [0.05, 0.1) is 13.2 Å². The Morgan fingerprint density at radius 3 is 2.48 bits per heavy atom. The highest BCUT2D eigenvalue weighted by molar-refractivity contribution is 5.78. The van der Waals surface area contributed by atoms with E-state index in [1.165, 1.54) is 11.1 Å². The number of fused-ring (bicyclic) bond motifs is 1. The van der Waals surface area contributed by atoms with E-state index in [1.807, 2.05) is 31.2 Å². The van der Waals surface area contributed by atoms with Gasteiger partial charge in [0.15, 0.2) is 11.5 Å². The number of hydrogen-bond acceptors (Lipinski definition) is 4. The first-order valence-electron chi connectivity index (χ1n) is 11.5. The van der Waals surface area contributed by atoms with Gasteiger partial charge in [-0.25, -0.2) is 0 Å². The van der Waals surface area contributed by atoms with Gasteiger partial charge in [-0.3, -0.25) is 4.79 Å². The van der Waals surface area contributed by atoms with Gasteiger partial charge in [-0.15, -0.1) is 0 Å². The molecule has 31 heavy (non-hydrogen) atoms. The maximum atomic E-state index is 12.8. The minimum atomic E-state index is -0.0806. The average molecular weight is 425 g/mol. The Morgan fingerprint density at radius 1 is 1.00 bits per heavy atom. The van der Waals surface area contributed by atoms with Crippen molar-refractivity contribution in [2.75, 3.05) is 19.8 Å². The van der Waals surface area contributed by atoms with Gasteiger partial charge in [0, 0.05) is 31.5 Å². The van der Waals surface area contributed by atoms with E-state index in [2.05, 4.69) is 48.7 Å². The summed E-state index contributed by atoms with van der Waals surface area (Å²) >= 11 is 0. The van der Waals surface area contributed by atoms with E-state index in [0.717, 1.165) is 37.3 Å². The Balaban J connectivity index is 1.48. The van der Waals surface area contributed by atoms with Gasteiger partial charge in [0.25, 0.3) is 0 Å². The van der Waals surface area contributed by atoms with Gasteiger partial charge in [-0.1, -0.05) is 57.2 Å².